The van der Waals surface area contributed by atoms with E-state index >= 15 is 0 Å². The average molecular weight is 286 g/mol. The molecule has 4 heteroatoms. The second-order valence-corrected chi connectivity index (χ2v) is 5.45. The van der Waals surface area contributed by atoms with Crippen LogP contribution in [0.4, 0.5) is 5.69 Å². The molecule has 2 rings (SSSR count). The monoisotopic (exact) mass is 286 g/mol. The molecule has 1 saturated carbocycles. The lowest BCUT2D eigenvalue weighted by atomic mass is 9.94. The first-order chi connectivity index (χ1) is 10.1. The molecule has 0 atom stereocenters. The van der Waals surface area contributed by atoms with Gasteiger partial charge in [0.25, 0.3) is 5.91 Å². The van der Waals surface area contributed by atoms with Crippen molar-refractivity contribution in [1.82, 2.24) is 4.90 Å². The molecule has 0 bridgehead atoms. The second kappa shape index (κ2) is 7.07. The molecule has 0 radical (unpaired) electrons. The Labute approximate surface area is 125 Å². The molecule has 1 fully saturated rings. The van der Waals surface area contributed by atoms with Crippen LogP contribution in [0.3, 0.4) is 0 Å². The van der Waals surface area contributed by atoms with Crippen LogP contribution >= 0.6 is 0 Å². The summed E-state index contributed by atoms with van der Waals surface area (Å²) in [6.45, 7) is 3.43. The van der Waals surface area contributed by atoms with Gasteiger partial charge in [-0.25, -0.2) is 0 Å². The lowest BCUT2D eigenvalue weighted by Crippen LogP contribution is -2.38. The van der Waals surface area contributed by atoms with Gasteiger partial charge < -0.3 is 10.2 Å². The van der Waals surface area contributed by atoms with Crippen molar-refractivity contribution in [3.63, 3.8) is 0 Å². The Morgan fingerprint density at radius 3 is 2.57 bits per heavy atom. The Morgan fingerprint density at radius 2 is 1.90 bits per heavy atom. The molecular formula is C17H22N2O2. The van der Waals surface area contributed by atoms with E-state index in [1.54, 1.807) is 18.2 Å². The second-order valence-electron chi connectivity index (χ2n) is 5.45. The molecule has 1 aromatic carbocycles. The fraction of sp³-hybridized carbons (Fsp3) is 0.412. The number of amides is 2. The van der Waals surface area contributed by atoms with Crippen LogP contribution < -0.4 is 5.32 Å². The summed E-state index contributed by atoms with van der Waals surface area (Å²) < 4.78 is 0. The van der Waals surface area contributed by atoms with E-state index in [1.165, 1.54) is 25.3 Å². The van der Waals surface area contributed by atoms with E-state index in [9.17, 15) is 9.59 Å². The van der Waals surface area contributed by atoms with E-state index in [1.807, 2.05) is 18.0 Å². The highest BCUT2D eigenvalue weighted by Crippen LogP contribution is 2.24. The van der Waals surface area contributed by atoms with E-state index in [0.717, 1.165) is 12.8 Å². The van der Waals surface area contributed by atoms with Crippen molar-refractivity contribution >= 4 is 17.5 Å². The van der Waals surface area contributed by atoms with E-state index < -0.39 is 0 Å². The molecule has 4 nitrogen and oxygen atoms in total. The summed E-state index contributed by atoms with van der Waals surface area (Å²) in [6, 6.07) is 7.40. The van der Waals surface area contributed by atoms with Gasteiger partial charge >= 0.3 is 0 Å². The van der Waals surface area contributed by atoms with Crippen molar-refractivity contribution in [3.8, 4) is 0 Å². The van der Waals surface area contributed by atoms with Crippen LogP contribution in [0, 0.1) is 0 Å². The molecule has 1 aliphatic rings. The van der Waals surface area contributed by atoms with Gasteiger partial charge in [0.1, 0.15) is 0 Å². The summed E-state index contributed by atoms with van der Waals surface area (Å²) in [4.78, 5) is 26.0. The van der Waals surface area contributed by atoms with Gasteiger partial charge in [-0.15, -0.1) is 0 Å². The van der Waals surface area contributed by atoms with Gasteiger partial charge in [0.05, 0.1) is 11.3 Å². The minimum atomic E-state index is -0.310. The van der Waals surface area contributed by atoms with E-state index in [-0.39, 0.29) is 11.8 Å². The van der Waals surface area contributed by atoms with Crippen LogP contribution in [0.5, 0.6) is 0 Å². The third kappa shape index (κ3) is 3.72. The molecule has 0 unspecified atom stereocenters. The van der Waals surface area contributed by atoms with Gasteiger partial charge in [0.15, 0.2) is 0 Å². The molecule has 2 amide bonds. The van der Waals surface area contributed by atoms with Crippen molar-refractivity contribution < 1.29 is 9.59 Å². The van der Waals surface area contributed by atoms with Crippen LogP contribution in [0.15, 0.2) is 36.9 Å². The predicted molar refractivity (Wildman–Crippen MR) is 84.2 cm³/mol. The molecule has 0 aliphatic heterocycles. The largest absolute Gasteiger partial charge is 0.339 e. The quantitative estimate of drug-likeness (QED) is 0.864. The lowest BCUT2D eigenvalue weighted by molar-refractivity contribution is -0.111. The molecule has 1 aromatic rings. The zero-order chi connectivity index (χ0) is 15.2. The standard InChI is InChI=1S/C17H22N2O2/c1-3-16(20)18-15-12-8-7-11-14(15)17(21)19(2)13-9-5-4-6-10-13/h3,7-8,11-13H,1,4-6,9-10H2,2H3,(H,18,20). The first-order valence-electron chi connectivity index (χ1n) is 7.43. The molecule has 1 N–H and O–H groups in total. The minimum Gasteiger partial charge on any atom is -0.339 e. The van der Waals surface area contributed by atoms with Gasteiger partial charge in [-0.3, -0.25) is 9.59 Å². The maximum Gasteiger partial charge on any atom is 0.255 e. The molecule has 1 aliphatic carbocycles. The van der Waals surface area contributed by atoms with E-state index in [4.69, 9.17) is 0 Å². The zero-order valence-corrected chi connectivity index (χ0v) is 12.5. The van der Waals surface area contributed by atoms with Crippen molar-refractivity contribution in [3.05, 3.63) is 42.5 Å². The Hall–Kier alpha value is -2.10. The summed E-state index contributed by atoms with van der Waals surface area (Å²) >= 11 is 0. The van der Waals surface area contributed by atoms with Crippen molar-refractivity contribution in [1.29, 1.82) is 0 Å². The first-order valence-corrected chi connectivity index (χ1v) is 7.43. The number of hydrogen-bond donors (Lipinski definition) is 1. The molecule has 0 saturated heterocycles. The maximum atomic E-state index is 12.7. The van der Waals surface area contributed by atoms with Crippen molar-refractivity contribution in [2.45, 2.75) is 38.1 Å². The van der Waals surface area contributed by atoms with Gasteiger partial charge in [-0.2, -0.15) is 0 Å². The van der Waals surface area contributed by atoms with Crippen LogP contribution in [0.1, 0.15) is 42.5 Å². The summed E-state index contributed by atoms with van der Waals surface area (Å²) in [7, 11) is 1.85. The number of anilines is 1. The van der Waals surface area contributed by atoms with Crippen molar-refractivity contribution in [2.75, 3.05) is 12.4 Å². The number of para-hydroxylation sites is 1. The van der Waals surface area contributed by atoms with E-state index in [2.05, 4.69) is 11.9 Å². The van der Waals surface area contributed by atoms with Gasteiger partial charge in [-0.1, -0.05) is 38.0 Å². The number of carbonyl (C=O) groups is 2. The van der Waals surface area contributed by atoms with Crippen LogP contribution in [-0.2, 0) is 4.79 Å². The zero-order valence-electron chi connectivity index (χ0n) is 12.5. The third-order valence-corrected chi connectivity index (χ3v) is 4.04. The highest BCUT2D eigenvalue weighted by Gasteiger charge is 2.24. The molecular weight excluding hydrogens is 264 g/mol. The molecule has 0 aromatic heterocycles. The summed E-state index contributed by atoms with van der Waals surface area (Å²) in [5, 5.41) is 2.69. The van der Waals surface area contributed by atoms with Gasteiger partial charge in [0, 0.05) is 13.1 Å². The average Bonchev–Trinajstić information content (AvgIpc) is 2.54. The van der Waals surface area contributed by atoms with Crippen LogP contribution in [-0.4, -0.2) is 29.8 Å². The maximum absolute atomic E-state index is 12.7. The highest BCUT2D eigenvalue weighted by molar-refractivity contribution is 6.06. The molecule has 0 heterocycles. The summed E-state index contributed by atoms with van der Waals surface area (Å²) in [6.07, 6.45) is 6.93. The SMILES string of the molecule is C=CC(=O)Nc1ccccc1C(=O)N(C)C1CCCCC1. The fourth-order valence-electron chi connectivity index (χ4n) is 2.79. The molecule has 112 valence electrons. The highest BCUT2D eigenvalue weighted by atomic mass is 16.2. The third-order valence-electron chi connectivity index (χ3n) is 4.04. The van der Waals surface area contributed by atoms with E-state index in [0.29, 0.717) is 17.3 Å². The van der Waals surface area contributed by atoms with Crippen LogP contribution in [0.2, 0.25) is 0 Å². The van der Waals surface area contributed by atoms with Crippen molar-refractivity contribution in [2.24, 2.45) is 0 Å². The number of carbonyl (C=O) groups excluding carboxylic acids is 2. The Balaban J connectivity index is 2.17. The normalized spacial score (nSPS) is 15.3. The number of nitrogens with zero attached hydrogens (tertiary/aromatic N) is 1. The smallest absolute Gasteiger partial charge is 0.255 e. The predicted octanol–water partition coefficient (Wildman–Crippen LogP) is 3.22. The first kappa shape index (κ1) is 15.3. The topological polar surface area (TPSA) is 49.4 Å². The lowest BCUT2D eigenvalue weighted by Gasteiger charge is -2.31. The van der Waals surface area contributed by atoms with Crippen LogP contribution in [0.25, 0.3) is 0 Å². The Morgan fingerprint density at radius 1 is 1.24 bits per heavy atom. The van der Waals surface area contributed by atoms with Gasteiger partial charge in [0.2, 0.25) is 5.91 Å². The Kier molecular flexibility index (Phi) is 5.14. The summed E-state index contributed by atoms with van der Waals surface area (Å²) in [5.41, 5.74) is 1.07. The number of benzene rings is 1. The Bertz CT molecular complexity index is 533. The fourth-order valence-corrected chi connectivity index (χ4v) is 2.79. The number of hydrogen-bond acceptors (Lipinski definition) is 2. The minimum absolute atomic E-state index is 0.0399. The van der Waals surface area contributed by atoms with Gasteiger partial charge in [-0.05, 0) is 31.1 Å². The number of rotatable bonds is 4. The molecule has 0 spiro atoms. The summed E-state index contributed by atoms with van der Waals surface area (Å²) in [5.74, 6) is -0.350. The molecule has 21 heavy (non-hydrogen) atoms. The number of nitrogens with one attached hydrogen (secondary N) is 1.